The molecule has 0 atom stereocenters. The molecule has 0 saturated carbocycles. The van der Waals surface area contributed by atoms with E-state index in [9.17, 15) is 4.79 Å². The maximum absolute atomic E-state index is 12.0. The van der Waals surface area contributed by atoms with Crippen LogP contribution in [0.3, 0.4) is 0 Å². The van der Waals surface area contributed by atoms with Crippen LogP contribution in [0.2, 0.25) is 0 Å². The zero-order valence-electron chi connectivity index (χ0n) is 9.58. The predicted octanol–water partition coefficient (Wildman–Crippen LogP) is 3.89. The van der Waals surface area contributed by atoms with Crippen molar-refractivity contribution in [3.63, 3.8) is 0 Å². The highest BCUT2D eigenvalue weighted by Gasteiger charge is 2.13. The molecule has 1 N–H and O–H groups in total. The van der Waals surface area contributed by atoms with Crippen LogP contribution in [0.4, 0.5) is 0 Å². The Bertz CT molecular complexity index is 601. The zero-order valence-corrected chi connectivity index (χ0v) is 12.0. The minimum Gasteiger partial charge on any atom is -0.394 e. The van der Waals surface area contributed by atoms with Crippen molar-refractivity contribution >= 4 is 43.1 Å². The second-order valence-electron chi connectivity index (χ2n) is 3.68. The fraction of sp³-hybridized carbons (Fsp3) is 0.154. The van der Waals surface area contributed by atoms with Crippen molar-refractivity contribution in [2.45, 2.75) is 6.92 Å². The number of rotatable bonds is 3. The second-order valence-corrected chi connectivity index (χ2v) is 5.65. The number of carbonyl (C=O) groups is 1. The second kappa shape index (κ2) is 5.02. The number of hydrogen-bond donors (Lipinski definition) is 1. The minimum atomic E-state index is 0.0502. The average molecular weight is 310 g/mol. The minimum absolute atomic E-state index is 0.0502. The molecular weight excluding hydrogens is 298 g/mol. The summed E-state index contributed by atoms with van der Waals surface area (Å²) in [4.78, 5) is 12.8. The Kier molecular flexibility index (Phi) is 3.64. The SMILES string of the molecule is CN/C=C/C(=O)c1sc2ccc(Br)cc2c1C. The average Bonchev–Trinajstić information content (AvgIpc) is 2.64. The lowest BCUT2D eigenvalue weighted by Crippen LogP contribution is -1.97. The molecule has 0 fully saturated rings. The van der Waals surface area contributed by atoms with Gasteiger partial charge in [0.05, 0.1) is 4.88 Å². The molecule has 1 heterocycles. The molecule has 0 saturated heterocycles. The van der Waals surface area contributed by atoms with Crippen LogP contribution in [-0.2, 0) is 0 Å². The smallest absolute Gasteiger partial charge is 0.197 e. The van der Waals surface area contributed by atoms with E-state index in [0.29, 0.717) is 0 Å². The molecule has 0 amide bonds. The Morgan fingerprint density at radius 2 is 2.24 bits per heavy atom. The van der Waals surface area contributed by atoms with E-state index in [1.807, 2.05) is 19.1 Å². The Balaban J connectivity index is 2.52. The van der Waals surface area contributed by atoms with E-state index in [4.69, 9.17) is 0 Å². The van der Waals surface area contributed by atoms with Gasteiger partial charge in [0.1, 0.15) is 0 Å². The van der Waals surface area contributed by atoms with Gasteiger partial charge in [0.25, 0.3) is 0 Å². The largest absolute Gasteiger partial charge is 0.394 e. The van der Waals surface area contributed by atoms with E-state index in [1.165, 1.54) is 0 Å². The number of hydrogen-bond acceptors (Lipinski definition) is 3. The Labute approximate surface area is 112 Å². The molecule has 0 radical (unpaired) electrons. The third kappa shape index (κ3) is 2.42. The van der Waals surface area contributed by atoms with Gasteiger partial charge >= 0.3 is 0 Å². The van der Waals surface area contributed by atoms with Crippen molar-refractivity contribution in [2.24, 2.45) is 0 Å². The van der Waals surface area contributed by atoms with Crippen LogP contribution in [0.15, 0.2) is 34.9 Å². The zero-order chi connectivity index (χ0) is 12.4. The number of ketones is 1. The van der Waals surface area contributed by atoms with E-state index in [0.717, 1.165) is 25.0 Å². The third-order valence-electron chi connectivity index (χ3n) is 2.52. The van der Waals surface area contributed by atoms with Gasteiger partial charge in [-0.1, -0.05) is 15.9 Å². The summed E-state index contributed by atoms with van der Waals surface area (Å²) < 4.78 is 2.18. The van der Waals surface area contributed by atoms with Crippen LogP contribution in [-0.4, -0.2) is 12.8 Å². The highest BCUT2D eigenvalue weighted by Crippen LogP contribution is 2.33. The number of carbonyl (C=O) groups excluding carboxylic acids is 1. The molecule has 17 heavy (non-hydrogen) atoms. The highest BCUT2D eigenvalue weighted by molar-refractivity contribution is 9.10. The number of nitrogens with one attached hydrogen (secondary N) is 1. The summed E-state index contributed by atoms with van der Waals surface area (Å²) >= 11 is 4.99. The number of halogens is 1. The van der Waals surface area contributed by atoms with E-state index >= 15 is 0 Å². The lowest BCUT2D eigenvalue weighted by molar-refractivity contribution is 0.104. The summed E-state index contributed by atoms with van der Waals surface area (Å²) in [5, 5.41) is 3.97. The molecule has 4 heteroatoms. The first kappa shape index (κ1) is 12.3. The van der Waals surface area contributed by atoms with Gasteiger partial charge < -0.3 is 5.32 Å². The summed E-state index contributed by atoms with van der Waals surface area (Å²) in [6, 6.07) is 6.09. The van der Waals surface area contributed by atoms with Gasteiger partial charge in [-0.05, 0) is 36.1 Å². The molecule has 1 aromatic heterocycles. The molecule has 1 aromatic carbocycles. The van der Waals surface area contributed by atoms with Crippen LogP contribution >= 0.6 is 27.3 Å². The molecule has 0 aliphatic carbocycles. The number of aryl methyl sites for hydroxylation is 1. The number of allylic oxidation sites excluding steroid dienone is 1. The molecule has 0 aliphatic heterocycles. The fourth-order valence-corrected chi connectivity index (χ4v) is 3.13. The summed E-state index contributed by atoms with van der Waals surface area (Å²) in [5.41, 5.74) is 1.05. The fourth-order valence-electron chi connectivity index (χ4n) is 1.66. The van der Waals surface area contributed by atoms with Gasteiger partial charge in [-0.15, -0.1) is 11.3 Å². The third-order valence-corrected chi connectivity index (χ3v) is 4.30. The molecular formula is C13H12BrNOS. The van der Waals surface area contributed by atoms with E-state index in [1.54, 1.807) is 30.7 Å². The molecule has 2 rings (SSSR count). The Hall–Kier alpha value is -1.13. The van der Waals surface area contributed by atoms with Gasteiger partial charge in [-0.25, -0.2) is 0 Å². The van der Waals surface area contributed by atoms with Crippen molar-refractivity contribution < 1.29 is 4.79 Å². The molecule has 0 aliphatic rings. The van der Waals surface area contributed by atoms with Crippen molar-refractivity contribution in [2.75, 3.05) is 7.05 Å². The summed E-state index contributed by atoms with van der Waals surface area (Å²) in [7, 11) is 1.78. The van der Waals surface area contributed by atoms with Crippen molar-refractivity contribution in [3.8, 4) is 0 Å². The molecule has 0 bridgehead atoms. The standard InChI is InChI=1S/C13H12BrNOS/c1-8-10-7-9(14)3-4-12(10)17-13(8)11(16)5-6-15-2/h3-7,15H,1-2H3/b6-5+. The van der Waals surface area contributed by atoms with Gasteiger partial charge in [0.15, 0.2) is 5.78 Å². The lowest BCUT2D eigenvalue weighted by Gasteiger charge is -1.94. The van der Waals surface area contributed by atoms with Crippen LogP contribution in [0.5, 0.6) is 0 Å². The summed E-state index contributed by atoms with van der Waals surface area (Å²) in [6.07, 6.45) is 3.22. The van der Waals surface area contributed by atoms with Crippen molar-refractivity contribution in [3.05, 3.63) is 45.4 Å². The molecule has 2 aromatic rings. The van der Waals surface area contributed by atoms with E-state index in [-0.39, 0.29) is 5.78 Å². The lowest BCUT2D eigenvalue weighted by atomic mass is 10.1. The van der Waals surface area contributed by atoms with Gasteiger partial charge in [0, 0.05) is 28.5 Å². The van der Waals surface area contributed by atoms with Crippen molar-refractivity contribution in [1.29, 1.82) is 0 Å². The predicted molar refractivity (Wildman–Crippen MR) is 76.8 cm³/mol. The van der Waals surface area contributed by atoms with Crippen LogP contribution in [0.1, 0.15) is 15.2 Å². The normalized spacial score (nSPS) is 11.2. The Morgan fingerprint density at radius 1 is 1.47 bits per heavy atom. The topological polar surface area (TPSA) is 29.1 Å². The van der Waals surface area contributed by atoms with Gasteiger partial charge in [0.2, 0.25) is 0 Å². The first-order valence-electron chi connectivity index (χ1n) is 5.20. The molecule has 0 spiro atoms. The van der Waals surface area contributed by atoms with Crippen LogP contribution < -0.4 is 5.32 Å². The molecule has 88 valence electrons. The summed E-state index contributed by atoms with van der Waals surface area (Å²) in [6.45, 7) is 1.99. The first-order chi connectivity index (χ1) is 8.13. The van der Waals surface area contributed by atoms with Gasteiger partial charge in [-0.3, -0.25) is 4.79 Å². The Morgan fingerprint density at radius 3 is 2.94 bits per heavy atom. The summed E-state index contributed by atoms with van der Waals surface area (Å²) in [5.74, 6) is 0.0502. The monoisotopic (exact) mass is 309 g/mol. The quantitative estimate of drug-likeness (QED) is 0.688. The van der Waals surface area contributed by atoms with E-state index < -0.39 is 0 Å². The highest BCUT2D eigenvalue weighted by atomic mass is 79.9. The first-order valence-corrected chi connectivity index (χ1v) is 6.81. The molecule has 2 nitrogen and oxygen atoms in total. The number of fused-ring (bicyclic) bond motifs is 1. The van der Waals surface area contributed by atoms with E-state index in [2.05, 4.69) is 27.3 Å². The van der Waals surface area contributed by atoms with Crippen LogP contribution in [0.25, 0.3) is 10.1 Å². The van der Waals surface area contributed by atoms with Gasteiger partial charge in [-0.2, -0.15) is 0 Å². The number of thiophene rings is 1. The maximum atomic E-state index is 12.0. The molecule has 0 unspecified atom stereocenters. The number of benzene rings is 1. The maximum Gasteiger partial charge on any atom is 0.197 e. The van der Waals surface area contributed by atoms with Crippen molar-refractivity contribution in [1.82, 2.24) is 5.32 Å². The van der Waals surface area contributed by atoms with Crippen LogP contribution in [0, 0.1) is 6.92 Å².